The van der Waals surface area contributed by atoms with Gasteiger partial charge in [-0.15, -0.1) is 0 Å². The summed E-state index contributed by atoms with van der Waals surface area (Å²) in [5.74, 6) is -0.106. The number of aryl methyl sites for hydroxylation is 1. The second kappa shape index (κ2) is 11.7. The lowest BCUT2D eigenvalue weighted by atomic mass is 9.90. The molecular formula is C34H35NO3. The highest BCUT2D eigenvalue weighted by molar-refractivity contribution is 5.73. The lowest BCUT2D eigenvalue weighted by molar-refractivity contribution is -0.143. The maximum Gasteiger partial charge on any atom is 0.306 e. The van der Waals surface area contributed by atoms with Crippen LogP contribution in [0.15, 0.2) is 97.2 Å². The Hall–Kier alpha value is -3.76. The van der Waals surface area contributed by atoms with Gasteiger partial charge in [-0.3, -0.25) is 9.78 Å². The molecule has 194 valence electrons. The van der Waals surface area contributed by atoms with Crippen LogP contribution < -0.4 is 0 Å². The van der Waals surface area contributed by atoms with Crippen LogP contribution in [0.4, 0.5) is 0 Å². The molecule has 1 aromatic heterocycles. The number of nitrogens with zero attached hydrogens (tertiary/aromatic N) is 1. The first-order valence-corrected chi connectivity index (χ1v) is 13.6. The van der Waals surface area contributed by atoms with Crippen LogP contribution in [0.2, 0.25) is 0 Å². The van der Waals surface area contributed by atoms with Crippen LogP contribution in [-0.2, 0) is 21.4 Å². The molecule has 1 heterocycles. The average Bonchev–Trinajstić information content (AvgIpc) is 3.74. The number of hydrogen-bond donors (Lipinski definition) is 1. The van der Waals surface area contributed by atoms with Crippen LogP contribution in [-0.4, -0.2) is 22.7 Å². The van der Waals surface area contributed by atoms with E-state index in [0.717, 1.165) is 53.6 Å². The number of aliphatic hydroxyl groups is 1. The van der Waals surface area contributed by atoms with Crippen molar-refractivity contribution in [1.29, 1.82) is 0 Å². The predicted octanol–water partition coefficient (Wildman–Crippen LogP) is 7.46. The van der Waals surface area contributed by atoms with Crippen LogP contribution in [0.5, 0.6) is 0 Å². The first-order valence-electron chi connectivity index (χ1n) is 13.6. The number of esters is 1. The smallest absolute Gasteiger partial charge is 0.306 e. The molecule has 1 fully saturated rings. The minimum Gasteiger partial charge on any atom is -0.466 e. The molecule has 0 aliphatic heterocycles. The molecule has 0 bridgehead atoms. The van der Waals surface area contributed by atoms with E-state index in [1.54, 1.807) is 0 Å². The van der Waals surface area contributed by atoms with Gasteiger partial charge >= 0.3 is 5.97 Å². The monoisotopic (exact) mass is 505 g/mol. The molecule has 4 aromatic rings. The summed E-state index contributed by atoms with van der Waals surface area (Å²) in [6, 6.07) is 31.2. The van der Waals surface area contributed by atoms with E-state index in [0.29, 0.717) is 19.4 Å². The molecule has 1 aliphatic carbocycles. The second-order valence-electron chi connectivity index (χ2n) is 10.2. The molecule has 0 saturated heterocycles. The molecule has 0 amide bonds. The summed E-state index contributed by atoms with van der Waals surface area (Å²) < 4.78 is 5.18. The van der Waals surface area contributed by atoms with E-state index in [4.69, 9.17) is 4.74 Å². The number of rotatable bonds is 11. The van der Waals surface area contributed by atoms with Gasteiger partial charge in [-0.25, -0.2) is 0 Å². The van der Waals surface area contributed by atoms with Crippen molar-refractivity contribution in [3.05, 3.63) is 114 Å². The van der Waals surface area contributed by atoms with E-state index in [-0.39, 0.29) is 11.4 Å². The minimum atomic E-state index is -0.443. The molecule has 5 rings (SSSR count). The van der Waals surface area contributed by atoms with Gasteiger partial charge in [0.15, 0.2) is 0 Å². The largest absolute Gasteiger partial charge is 0.466 e. The third-order valence-corrected chi connectivity index (χ3v) is 7.63. The molecule has 3 aromatic carbocycles. The van der Waals surface area contributed by atoms with Gasteiger partial charge in [0.05, 0.1) is 24.8 Å². The van der Waals surface area contributed by atoms with Crippen LogP contribution in [0.1, 0.15) is 61.8 Å². The Bertz CT molecular complexity index is 1340. The molecule has 38 heavy (non-hydrogen) atoms. The SMILES string of the molecule is CCOC(=O)CC1(c2ccc(-c3ccc(-c4ncccc4CCCC(O)c4ccccc4)cc3)cc2)CC1. The number of aromatic nitrogens is 1. The number of carbonyl (C=O) groups is 1. The zero-order chi connectivity index (χ0) is 26.4. The van der Waals surface area contributed by atoms with Crippen molar-refractivity contribution in [2.24, 2.45) is 0 Å². The van der Waals surface area contributed by atoms with Gasteiger partial charge in [0.2, 0.25) is 0 Å². The van der Waals surface area contributed by atoms with E-state index < -0.39 is 6.10 Å². The summed E-state index contributed by atoms with van der Waals surface area (Å²) in [6.45, 7) is 2.28. The van der Waals surface area contributed by atoms with Crippen molar-refractivity contribution in [2.75, 3.05) is 6.61 Å². The number of hydrogen-bond acceptors (Lipinski definition) is 4. The Balaban J connectivity index is 1.24. The first-order chi connectivity index (χ1) is 18.6. The van der Waals surface area contributed by atoms with Gasteiger partial charge in [0.25, 0.3) is 0 Å². The summed E-state index contributed by atoms with van der Waals surface area (Å²) in [5.41, 5.74) is 7.74. The third kappa shape index (κ3) is 6.03. The van der Waals surface area contributed by atoms with E-state index >= 15 is 0 Å². The third-order valence-electron chi connectivity index (χ3n) is 7.63. The Kier molecular flexibility index (Phi) is 8.00. The zero-order valence-electron chi connectivity index (χ0n) is 22.0. The highest BCUT2D eigenvalue weighted by Crippen LogP contribution is 2.51. The number of ether oxygens (including phenoxy) is 1. The van der Waals surface area contributed by atoms with Crippen molar-refractivity contribution in [2.45, 2.75) is 57.0 Å². The van der Waals surface area contributed by atoms with Crippen molar-refractivity contribution >= 4 is 5.97 Å². The second-order valence-corrected chi connectivity index (χ2v) is 10.2. The van der Waals surface area contributed by atoms with E-state index in [1.807, 2.05) is 49.5 Å². The molecule has 1 N–H and O–H groups in total. The van der Waals surface area contributed by atoms with Crippen molar-refractivity contribution in [3.63, 3.8) is 0 Å². The van der Waals surface area contributed by atoms with Gasteiger partial charge < -0.3 is 9.84 Å². The molecule has 1 aliphatic rings. The zero-order valence-corrected chi connectivity index (χ0v) is 22.0. The van der Waals surface area contributed by atoms with Crippen LogP contribution in [0.25, 0.3) is 22.4 Å². The summed E-state index contributed by atoms with van der Waals surface area (Å²) in [6.07, 6.45) is 6.41. The summed E-state index contributed by atoms with van der Waals surface area (Å²) in [7, 11) is 0. The molecule has 4 nitrogen and oxygen atoms in total. The normalized spacial score (nSPS) is 14.6. The Morgan fingerprint density at radius 2 is 1.55 bits per heavy atom. The molecular weight excluding hydrogens is 470 g/mol. The number of carbonyl (C=O) groups excluding carboxylic acids is 1. The van der Waals surface area contributed by atoms with Crippen LogP contribution >= 0.6 is 0 Å². The summed E-state index contributed by atoms with van der Waals surface area (Å²) in [4.78, 5) is 16.7. The van der Waals surface area contributed by atoms with Crippen LogP contribution in [0, 0.1) is 0 Å². The fourth-order valence-corrected chi connectivity index (χ4v) is 5.27. The predicted molar refractivity (Wildman–Crippen MR) is 152 cm³/mol. The standard InChI is InChI=1S/C34H35NO3/c1-2-38-32(37)24-34(21-22-34)30-19-17-26(18-20-30)25-13-15-29(16-14-25)33-28(11-7-23-35-33)10-6-12-31(36)27-8-4-3-5-9-27/h3-5,7-9,11,13-20,23,31,36H,2,6,10,12,21-22,24H2,1H3. The van der Waals surface area contributed by atoms with Gasteiger partial charge in [-0.1, -0.05) is 84.9 Å². The maximum absolute atomic E-state index is 12.0. The average molecular weight is 506 g/mol. The van der Waals surface area contributed by atoms with Gasteiger partial charge in [0, 0.05) is 17.2 Å². The Morgan fingerprint density at radius 3 is 2.21 bits per heavy atom. The summed E-state index contributed by atoms with van der Waals surface area (Å²) in [5, 5.41) is 10.5. The number of benzene rings is 3. The quantitative estimate of drug-likeness (QED) is 0.215. The highest BCUT2D eigenvalue weighted by atomic mass is 16.5. The highest BCUT2D eigenvalue weighted by Gasteiger charge is 2.46. The fraction of sp³-hybridized carbons (Fsp3) is 0.294. The van der Waals surface area contributed by atoms with Crippen molar-refractivity contribution < 1.29 is 14.6 Å². The van der Waals surface area contributed by atoms with Crippen molar-refractivity contribution in [3.8, 4) is 22.4 Å². The topological polar surface area (TPSA) is 59.4 Å². The van der Waals surface area contributed by atoms with Gasteiger partial charge in [-0.05, 0) is 72.9 Å². The lowest BCUT2D eigenvalue weighted by Gasteiger charge is -2.15. The first kappa shape index (κ1) is 25.9. The Labute approximate surface area is 225 Å². The molecule has 1 unspecified atom stereocenters. The van der Waals surface area contributed by atoms with Gasteiger partial charge in [-0.2, -0.15) is 0 Å². The summed E-state index contributed by atoms with van der Waals surface area (Å²) >= 11 is 0. The fourth-order valence-electron chi connectivity index (χ4n) is 5.27. The Morgan fingerprint density at radius 1 is 0.895 bits per heavy atom. The molecule has 1 atom stereocenters. The van der Waals surface area contributed by atoms with Crippen LogP contribution in [0.3, 0.4) is 0 Å². The molecule has 0 spiro atoms. The minimum absolute atomic E-state index is 0.0405. The molecule has 1 saturated carbocycles. The maximum atomic E-state index is 12.0. The van der Waals surface area contributed by atoms with E-state index in [1.165, 1.54) is 11.1 Å². The number of pyridine rings is 1. The molecule has 4 heteroatoms. The number of aliphatic hydroxyl groups excluding tert-OH is 1. The van der Waals surface area contributed by atoms with E-state index in [9.17, 15) is 9.90 Å². The lowest BCUT2D eigenvalue weighted by Crippen LogP contribution is -2.15. The van der Waals surface area contributed by atoms with Gasteiger partial charge in [0.1, 0.15) is 0 Å². The molecule has 0 radical (unpaired) electrons. The van der Waals surface area contributed by atoms with E-state index in [2.05, 4.69) is 59.6 Å². The van der Waals surface area contributed by atoms with Crippen molar-refractivity contribution in [1.82, 2.24) is 4.98 Å².